The first-order chi connectivity index (χ1) is 10.6. The van der Waals surface area contributed by atoms with E-state index in [1.807, 2.05) is 0 Å². The van der Waals surface area contributed by atoms with Gasteiger partial charge in [-0.2, -0.15) is 0 Å². The van der Waals surface area contributed by atoms with Crippen molar-refractivity contribution in [2.45, 2.75) is 0 Å². The molecule has 2 aromatic heterocycles. The molecule has 0 atom stereocenters. The number of ether oxygens (including phenoxy) is 1. The minimum atomic E-state index is -0.824. The van der Waals surface area contributed by atoms with Crippen molar-refractivity contribution < 1.29 is 13.5 Å². The van der Waals surface area contributed by atoms with Gasteiger partial charge in [0.15, 0.2) is 11.6 Å². The average Bonchev–Trinajstić information content (AvgIpc) is 2.53. The molecule has 1 aromatic carbocycles. The number of rotatable bonds is 3. The highest BCUT2D eigenvalue weighted by Gasteiger charge is 2.12. The van der Waals surface area contributed by atoms with Gasteiger partial charge in [-0.05, 0) is 24.3 Å². The summed E-state index contributed by atoms with van der Waals surface area (Å²) in [6, 6.07) is 6.68. The van der Waals surface area contributed by atoms with Crippen LogP contribution in [0, 0.1) is 11.6 Å². The molecule has 2 N–H and O–H groups in total. The summed E-state index contributed by atoms with van der Waals surface area (Å²) in [5, 5.41) is 0. The van der Waals surface area contributed by atoms with E-state index >= 15 is 0 Å². The molecule has 22 heavy (non-hydrogen) atoms. The minimum Gasteiger partial charge on any atom is -0.418 e. The monoisotopic (exact) mass is 300 g/mol. The van der Waals surface area contributed by atoms with E-state index in [-0.39, 0.29) is 6.01 Å². The van der Waals surface area contributed by atoms with Crippen LogP contribution in [0.25, 0.3) is 11.1 Å². The number of hydrogen-bond acceptors (Lipinski definition) is 5. The Bertz CT molecular complexity index is 771. The number of nitrogen functional groups attached to an aromatic ring is 1. The molecule has 0 saturated carbocycles. The summed E-state index contributed by atoms with van der Waals surface area (Å²) in [5.74, 6) is -1.78. The van der Waals surface area contributed by atoms with E-state index < -0.39 is 17.4 Å². The molecule has 0 amide bonds. The molecule has 7 heteroatoms. The Morgan fingerprint density at radius 3 is 2.05 bits per heavy atom. The Balaban J connectivity index is 1.84. The fourth-order valence-electron chi connectivity index (χ4n) is 1.77. The van der Waals surface area contributed by atoms with Crippen molar-refractivity contribution in [3.05, 3.63) is 60.6 Å². The Morgan fingerprint density at radius 2 is 1.45 bits per heavy atom. The van der Waals surface area contributed by atoms with E-state index in [0.717, 1.165) is 17.7 Å². The standard InChI is InChI=1S/C15H10F2N4O/c16-11-2-1-3-12(17)14(11)22-15-20-7-10(8-21-15)9-4-5-13(18)19-6-9/h1-8H,(H2,18,19). The van der Waals surface area contributed by atoms with E-state index in [0.29, 0.717) is 11.4 Å². The first-order valence-electron chi connectivity index (χ1n) is 6.29. The summed E-state index contributed by atoms with van der Waals surface area (Å²) < 4.78 is 32.0. The summed E-state index contributed by atoms with van der Waals surface area (Å²) in [4.78, 5) is 11.8. The van der Waals surface area contributed by atoms with Crippen molar-refractivity contribution in [2.24, 2.45) is 0 Å². The number of para-hydroxylation sites is 1. The molecule has 5 nitrogen and oxygen atoms in total. The van der Waals surface area contributed by atoms with Crippen LogP contribution in [0.1, 0.15) is 0 Å². The lowest BCUT2D eigenvalue weighted by molar-refractivity contribution is 0.382. The fourth-order valence-corrected chi connectivity index (χ4v) is 1.77. The number of benzene rings is 1. The molecular weight excluding hydrogens is 290 g/mol. The van der Waals surface area contributed by atoms with Gasteiger partial charge in [0.1, 0.15) is 5.82 Å². The molecule has 0 aliphatic carbocycles. The van der Waals surface area contributed by atoms with Crippen LogP contribution >= 0.6 is 0 Å². The van der Waals surface area contributed by atoms with Crippen molar-refractivity contribution in [2.75, 3.05) is 5.73 Å². The highest BCUT2D eigenvalue weighted by atomic mass is 19.1. The van der Waals surface area contributed by atoms with Crippen LogP contribution in [0.5, 0.6) is 11.8 Å². The number of pyridine rings is 1. The molecular formula is C15H10F2N4O. The molecule has 0 fully saturated rings. The Hall–Kier alpha value is -3.09. The first kappa shape index (κ1) is 13.9. The Morgan fingerprint density at radius 1 is 0.818 bits per heavy atom. The highest BCUT2D eigenvalue weighted by molar-refractivity contribution is 5.61. The van der Waals surface area contributed by atoms with Gasteiger partial charge >= 0.3 is 6.01 Å². The van der Waals surface area contributed by atoms with Gasteiger partial charge in [0.2, 0.25) is 5.75 Å². The molecule has 2 heterocycles. The third-order valence-corrected chi connectivity index (χ3v) is 2.86. The second kappa shape index (κ2) is 5.72. The molecule has 3 aromatic rings. The summed E-state index contributed by atoms with van der Waals surface area (Å²) in [6.07, 6.45) is 4.51. The number of aromatic nitrogens is 3. The maximum atomic E-state index is 13.5. The molecule has 0 spiro atoms. The normalized spacial score (nSPS) is 10.5. The molecule has 0 bridgehead atoms. The fraction of sp³-hybridized carbons (Fsp3) is 0. The molecule has 3 rings (SSSR count). The van der Waals surface area contributed by atoms with Gasteiger partial charge in [0, 0.05) is 29.7 Å². The van der Waals surface area contributed by atoms with E-state index in [2.05, 4.69) is 15.0 Å². The van der Waals surface area contributed by atoms with Gasteiger partial charge in [-0.1, -0.05) is 6.07 Å². The lowest BCUT2D eigenvalue weighted by Crippen LogP contribution is -1.97. The Labute approximate surface area is 124 Å². The molecule has 110 valence electrons. The third kappa shape index (κ3) is 2.83. The van der Waals surface area contributed by atoms with Crippen LogP contribution in [0.15, 0.2) is 48.9 Å². The second-order valence-electron chi connectivity index (χ2n) is 4.38. The van der Waals surface area contributed by atoms with Gasteiger partial charge in [-0.3, -0.25) is 0 Å². The zero-order valence-corrected chi connectivity index (χ0v) is 11.2. The SMILES string of the molecule is Nc1ccc(-c2cnc(Oc3c(F)cccc3F)nc2)cn1. The molecule has 0 saturated heterocycles. The maximum Gasteiger partial charge on any atom is 0.322 e. The predicted molar refractivity (Wildman–Crippen MR) is 76.1 cm³/mol. The van der Waals surface area contributed by atoms with Crippen molar-refractivity contribution in [3.63, 3.8) is 0 Å². The molecule has 0 unspecified atom stereocenters. The van der Waals surface area contributed by atoms with Crippen LogP contribution in [-0.4, -0.2) is 15.0 Å². The third-order valence-electron chi connectivity index (χ3n) is 2.86. The number of halogens is 2. The van der Waals surface area contributed by atoms with E-state index in [4.69, 9.17) is 10.5 Å². The summed E-state index contributed by atoms with van der Waals surface area (Å²) in [7, 11) is 0. The second-order valence-corrected chi connectivity index (χ2v) is 4.38. The van der Waals surface area contributed by atoms with Gasteiger partial charge in [-0.15, -0.1) is 0 Å². The van der Waals surface area contributed by atoms with Crippen LogP contribution < -0.4 is 10.5 Å². The number of nitrogens with zero attached hydrogens (tertiary/aromatic N) is 3. The number of anilines is 1. The van der Waals surface area contributed by atoms with Crippen LogP contribution in [0.2, 0.25) is 0 Å². The average molecular weight is 300 g/mol. The zero-order chi connectivity index (χ0) is 15.5. The largest absolute Gasteiger partial charge is 0.418 e. The van der Waals surface area contributed by atoms with Gasteiger partial charge in [0.05, 0.1) is 0 Å². The first-order valence-corrected chi connectivity index (χ1v) is 6.29. The smallest absolute Gasteiger partial charge is 0.322 e. The lowest BCUT2D eigenvalue weighted by Gasteiger charge is -2.06. The predicted octanol–water partition coefficient (Wildman–Crippen LogP) is 3.19. The quantitative estimate of drug-likeness (QED) is 0.804. The maximum absolute atomic E-state index is 13.5. The lowest BCUT2D eigenvalue weighted by atomic mass is 10.1. The van der Waals surface area contributed by atoms with Gasteiger partial charge in [-0.25, -0.2) is 23.7 Å². The van der Waals surface area contributed by atoms with Crippen molar-refractivity contribution >= 4 is 5.82 Å². The minimum absolute atomic E-state index is 0.156. The van der Waals surface area contributed by atoms with Crippen LogP contribution in [0.3, 0.4) is 0 Å². The zero-order valence-electron chi connectivity index (χ0n) is 11.2. The highest BCUT2D eigenvalue weighted by Crippen LogP contribution is 2.26. The van der Waals surface area contributed by atoms with Crippen molar-refractivity contribution in [1.29, 1.82) is 0 Å². The summed E-state index contributed by atoms with van der Waals surface area (Å²) in [5.41, 5.74) is 6.95. The molecule has 0 radical (unpaired) electrons. The van der Waals surface area contributed by atoms with Crippen LogP contribution in [-0.2, 0) is 0 Å². The Kier molecular flexibility index (Phi) is 3.61. The molecule has 0 aliphatic heterocycles. The van der Waals surface area contributed by atoms with E-state index in [1.54, 1.807) is 18.3 Å². The van der Waals surface area contributed by atoms with Gasteiger partial charge in [0.25, 0.3) is 0 Å². The van der Waals surface area contributed by atoms with Crippen molar-refractivity contribution in [3.8, 4) is 22.9 Å². The van der Waals surface area contributed by atoms with Gasteiger partial charge < -0.3 is 10.5 Å². The summed E-state index contributed by atoms with van der Waals surface area (Å²) in [6.45, 7) is 0. The van der Waals surface area contributed by atoms with Crippen LogP contribution in [0.4, 0.5) is 14.6 Å². The number of hydrogen-bond donors (Lipinski definition) is 1. The topological polar surface area (TPSA) is 73.9 Å². The van der Waals surface area contributed by atoms with E-state index in [9.17, 15) is 8.78 Å². The molecule has 0 aliphatic rings. The number of nitrogens with two attached hydrogens (primary N) is 1. The van der Waals surface area contributed by atoms with E-state index in [1.165, 1.54) is 18.5 Å². The summed E-state index contributed by atoms with van der Waals surface area (Å²) >= 11 is 0. The van der Waals surface area contributed by atoms with Crippen molar-refractivity contribution in [1.82, 2.24) is 15.0 Å².